The molecule has 0 radical (unpaired) electrons. The second-order valence-electron chi connectivity index (χ2n) is 5.02. The molecule has 16 heavy (non-hydrogen) atoms. The Bertz CT molecular complexity index is 361. The van der Waals surface area contributed by atoms with Crippen LogP contribution in [-0.4, -0.2) is 10.8 Å². The Morgan fingerprint density at radius 3 is 2.12 bits per heavy atom. The average Bonchev–Trinajstić information content (AvgIpc) is 2.16. The first-order valence-electron chi connectivity index (χ1n) is 5.91. The van der Waals surface area contributed by atoms with Crippen molar-refractivity contribution in [2.24, 2.45) is 11.8 Å². The predicted octanol–water partition coefficient (Wildman–Crippen LogP) is 3.68. The summed E-state index contributed by atoms with van der Waals surface area (Å²) in [4.78, 5) is 15.8. The fourth-order valence-electron chi connectivity index (χ4n) is 2.29. The normalized spacial score (nSPS) is 11.5. The lowest BCUT2D eigenvalue weighted by Crippen LogP contribution is -2.16. The zero-order valence-electron chi connectivity index (χ0n) is 10.8. The molecule has 0 spiro atoms. The number of carbonyl (C=O) groups is 1. The Morgan fingerprint density at radius 2 is 1.69 bits per heavy atom. The molecule has 1 heterocycles. The van der Waals surface area contributed by atoms with Crippen LogP contribution in [0.15, 0.2) is 18.2 Å². The Morgan fingerprint density at radius 1 is 1.12 bits per heavy atom. The van der Waals surface area contributed by atoms with Gasteiger partial charge in [0.25, 0.3) is 0 Å². The summed E-state index contributed by atoms with van der Waals surface area (Å²) in [5, 5.41) is 0. The van der Waals surface area contributed by atoms with E-state index in [1.165, 1.54) is 0 Å². The fraction of sp³-hybridized carbons (Fsp3) is 0.571. The molecule has 0 bridgehead atoms. The van der Waals surface area contributed by atoms with Crippen LogP contribution in [0.25, 0.3) is 0 Å². The summed E-state index contributed by atoms with van der Waals surface area (Å²) >= 11 is 0. The number of pyridine rings is 1. The Hall–Kier alpha value is -1.18. The average molecular weight is 219 g/mol. The molecule has 2 nitrogen and oxygen atoms in total. The second kappa shape index (κ2) is 5.24. The molecule has 0 aromatic carbocycles. The van der Waals surface area contributed by atoms with E-state index in [1.807, 2.05) is 12.1 Å². The highest BCUT2D eigenvalue weighted by Gasteiger charge is 2.21. The van der Waals surface area contributed by atoms with Crippen LogP contribution in [0.5, 0.6) is 0 Å². The van der Waals surface area contributed by atoms with Crippen LogP contribution < -0.4 is 0 Å². The number of hydrogen-bond acceptors (Lipinski definition) is 2. The minimum absolute atomic E-state index is 0.0353. The lowest BCUT2D eigenvalue weighted by molar-refractivity contribution is 0.101. The van der Waals surface area contributed by atoms with E-state index in [4.69, 9.17) is 0 Å². The molecule has 88 valence electrons. The third-order valence-electron chi connectivity index (χ3n) is 2.91. The summed E-state index contributed by atoms with van der Waals surface area (Å²) in [6, 6.07) is 5.73. The topological polar surface area (TPSA) is 30.0 Å². The van der Waals surface area contributed by atoms with Crippen LogP contribution in [0, 0.1) is 11.8 Å². The third-order valence-corrected chi connectivity index (χ3v) is 2.91. The quantitative estimate of drug-likeness (QED) is 0.723. The maximum absolute atomic E-state index is 11.3. The van der Waals surface area contributed by atoms with Crippen molar-refractivity contribution in [1.82, 2.24) is 4.98 Å². The van der Waals surface area contributed by atoms with E-state index in [0.717, 1.165) is 5.69 Å². The molecule has 0 fully saturated rings. The van der Waals surface area contributed by atoms with Gasteiger partial charge in [-0.2, -0.15) is 0 Å². The van der Waals surface area contributed by atoms with Gasteiger partial charge in [-0.3, -0.25) is 4.79 Å². The van der Waals surface area contributed by atoms with Crippen molar-refractivity contribution in [3.8, 4) is 0 Å². The molecule has 0 atom stereocenters. The van der Waals surface area contributed by atoms with E-state index in [2.05, 4.69) is 32.7 Å². The number of Topliss-reactive ketones (excluding diaryl/α,β-unsaturated/α-hetero) is 1. The molecule has 0 saturated carbocycles. The summed E-state index contributed by atoms with van der Waals surface area (Å²) in [7, 11) is 0. The molecule has 1 aromatic heterocycles. The number of hydrogen-bond donors (Lipinski definition) is 0. The van der Waals surface area contributed by atoms with Crippen molar-refractivity contribution in [2.45, 2.75) is 40.5 Å². The van der Waals surface area contributed by atoms with Gasteiger partial charge in [0.1, 0.15) is 5.69 Å². The molecule has 1 aromatic rings. The van der Waals surface area contributed by atoms with E-state index in [1.54, 1.807) is 13.0 Å². The van der Waals surface area contributed by atoms with Gasteiger partial charge >= 0.3 is 0 Å². The summed E-state index contributed by atoms with van der Waals surface area (Å²) < 4.78 is 0. The van der Waals surface area contributed by atoms with Crippen molar-refractivity contribution in [1.29, 1.82) is 0 Å². The van der Waals surface area contributed by atoms with E-state index < -0.39 is 0 Å². The first-order valence-corrected chi connectivity index (χ1v) is 5.91. The fourth-order valence-corrected chi connectivity index (χ4v) is 2.29. The summed E-state index contributed by atoms with van der Waals surface area (Å²) in [6.07, 6.45) is 0. The number of nitrogens with zero attached hydrogens (tertiary/aromatic N) is 1. The van der Waals surface area contributed by atoms with Crippen LogP contribution in [-0.2, 0) is 0 Å². The number of carbonyl (C=O) groups excluding carboxylic acids is 1. The summed E-state index contributed by atoms with van der Waals surface area (Å²) in [5.41, 5.74) is 1.61. The first kappa shape index (κ1) is 12.9. The standard InChI is InChI=1S/C14H21NO/c1-9(2)14(10(3)4)13-8-6-7-12(15-13)11(5)16/h6-10,14H,1-5H3. The Labute approximate surface area is 98.1 Å². The predicted molar refractivity (Wildman–Crippen MR) is 66.7 cm³/mol. The summed E-state index contributed by atoms with van der Waals surface area (Å²) in [5.74, 6) is 1.52. The smallest absolute Gasteiger partial charge is 0.178 e. The van der Waals surface area contributed by atoms with Crippen LogP contribution in [0.3, 0.4) is 0 Å². The van der Waals surface area contributed by atoms with Gasteiger partial charge in [-0.05, 0) is 24.0 Å². The third kappa shape index (κ3) is 2.91. The van der Waals surface area contributed by atoms with E-state index >= 15 is 0 Å². The minimum Gasteiger partial charge on any atom is -0.293 e. The molecular formula is C14H21NO. The van der Waals surface area contributed by atoms with Gasteiger partial charge in [0.15, 0.2) is 5.78 Å². The number of aromatic nitrogens is 1. The molecule has 2 heteroatoms. The lowest BCUT2D eigenvalue weighted by Gasteiger charge is -2.24. The van der Waals surface area contributed by atoms with E-state index in [9.17, 15) is 4.79 Å². The van der Waals surface area contributed by atoms with Crippen LogP contribution in [0.1, 0.15) is 56.7 Å². The second-order valence-corrected chi connectivity index (χ2v) is 5.02. The van der Waals surface area contributed by atoms with Crippen molar-refractivity contribution in [3.05, 3.63) is 29.6 Å². The van der Waals surface area contributed by atoms with Crippen LogP contribution in [0.4, 0.5) is 0 Å². The van der Waals surface area contributed by atoms with Gasteiger partial charge in [0.2, 0.25) is 0 Å². The van der Waals surface area contributed by atoms with Gasteiger partial charge in [-0.1, -0.05) is 33.8 Å². The first-order chi connectivity index (χ1) is 7.43. The number of rotatable bonds is 4. The molecule has 0 aliphatic heterocycles. The Kier molecular flexibility index (Phi) is 4.22. The van der Waals surface area contributed by atoms with Gasteiger partial charge in [0, 0.05) is 18.5 Å². The molecule has 0 unspecified atom stereocenters. The minimum atomic E-state index is 0.0353. The van der Waals surface area contributed by atoms with Crippen molar-refractivity contribution in [3.63, 3.8) is 0 Å². The highest BCUT2D eigenvalue weighted by atomic mass is 16.1. The van der Waals surface area contributed by atoms with E-state index in [0.29, 0.717) is 23.4 Å². The molecule has 0 N–H and O–H groups in total. The highest BCUT2D eigenvalue weighted by Crippen LogP contribution is 2.30. The van der Waals surface area contributed by atoms with Crippen LogP contribution in [0.2, 0.25) is 0 Å². The van der Waals surface area contributed by atoms with E-state index in [-0.39, 0.29) is 5.78 Å². The zero-order valence-corrected chi connectivity index (χ0v) is 10.8. The molecule has 0 aliphatic rings. The Balaban J connectivity index is 3.10. The zero-order chi connectivity index (χ0) is 12.3. The van der Waals surface area contributed by atoms with Gasteiger partial charge < -0.3 is 0 Å². The monoisotopic (exact) mass is 219 g/mol. The van der Waals surface area contributed by atoms with Crippen molar-refractivity contribution in [2.75, 3.05) is 0 Å². The summed E-state index contributed by atoms with van der Waals surface area (Å²) in [6.45, 7) is 10.4. The number of ketones is 1. The largest absolute Gasteiger partial charge is 0.293 e. The highest BCUT2D eigenvalue weighted by molar-refractivity contribution is 5.92. The van der Waals surface area contributed by atoms with Crippen molar-refractivity contribution < 1.29 is 4.79 Å². The SMILES string of the molecule is CC(=O)c1cccc(C(C(C)C)C(C)C)n1. The maximum atomic E-state index is 11.3. The molecular weight excluding hydrogens is 198 g/mol. The molecule has 1 rings (SSSR count). The molecule has 0 saturated heterocycles. The lowest BCUT2D eigenvalue weighted by atomic mass is 9.82. The molecule has 0 aliphatic carbocycles. The van der Waals surface area contributed by atoms with Crippen LogP contribution >= 0.6 is 0 Å². The van der Waals surface area contributed by atoms with Gasteiger partial charge in [-0.15, -0.1) is 0 Å². The van der Waals surface area contributed by atoms with Crippen molar-refractivity contribution >= 4 is 5.78 Å². The van der Waals surface area contributed by atoms with Gasteiger partial charge in [0.05, 0.1) is 0 Å². The molecule has 0 amide bonds. The van der Waals surface area contributed by atoms with Gasteiger partial charge in [-0.25, -0.2) is 4.98 Å². The maximum Gasteiger partial charge on any atom is 0.178 e.